The Hall–Kier alpha value is -1.08. The minimum Gasteiger partial charge on any atom is -0.0936 e. The van der Waals surface area contributed by atoms with Crippen LogP contribution in [0.4, 0.5) is 77.7 Å². The summed E-state index contributed by atoms with van der Waals surface area (Å²) in [5, 5.41) is 0. The van der Waals surface area contributed by atoms with Gasteiger partial charge in [-0.15, -0.1) is 0 Å². The largest absolute Gasteiger partial charge is 0.310 e. The standard InChI is InChI=1S/C6H3BrF10S2.C6H4F10S2/c7-4-1-5(18(8,9,10,11)12)3-6(2-4)19(13,14,15,16)17;7-17(8,9,10,11)5-2-1-3-6(4-5)18(12,13,14,15)16/h1-3H;1-4H. The molecule has 0 radical (unpaired) electrons. The summed E-state index contributed by atoms with van der Waals surface area (Å²) in [4.78, 5) is -12.1. The van der Waals surface area contributed by atoms with Crippen LogP contribution in [0, 0.1) is 0 Å². The number of halogens is 21. The average Bonchev–Trinajstić information content (AvgIpc) is 2.46. The molecule has 0 unspecified atom stereocenters. The number of rotatable bonds is 4. The third kappa shape index (κ3) is 10.2. The van der Waals surface area contributed by atoms with Crippen LogP contribution < -0.4 is 0 Å². The fourth-order valence-corrected chi connectivity index (χ4v) is 5.65. The first-order valence-electron chi connectivity index (χ1n) is 7.64. The van der Waals surface area contributed by atoms with Crippen molar-refractivity contribution in [3.05, 3.63) is 46.9 Å². The maximum absolute atomic E-state index is 12.3. The van der Waals surface area contributed by atoms with Crippen molar-refractivity contribution in [2.45, 2.75) is 19.6 Å². The molecule has 37 heavy (non-hydrogen) atoms. The molecule has 0 atom stereocenters. The number of hydrogen-bond donors (Lipinski definition) is 0. The van der Waals surface area contributed by atoms with Crippen LogP contribution in [0.3, 0.4) is 0 Å². The summed E-state index contributed by atoms with van der Waals surface area (Å²) in [5.74, 6) is 0. The van der Waals surface area contributed by atoms with Gasteiger partial charge in [-0.2, -0.15) is 0 Å². The van der Waals surface area contributed by atoms with Gasteiger partial charge in [-0.25, -0.2) is 0 Å². The van der Waals surface area contributed by atoms with Gasteiger partial charge in [0.2, 0.25) is 0 Å². The lowest BCUT2D eigenvalue weighted by Gasteiger charge is -2.44. The summed E-state index contributed by atoms with van der Waals surface area (Å²) in [7, 11) is -41.9. The summed E-state index contributed by atoms with van der Waals surface area (Å²) in [6.07, 6.45) is 0. The molecule has 0 aliphatic rings. The van der Waals surface area contributed by atoms with Gasteiger partial charge in [-0.05, 0) is 36.4 Å². The predicted molar refractivity (Wildman–Crippen MR) is 106 cm³/mol. The monoisotopic (exact) mass is 738 g/mol. The van der Waals surface area contributed by atoms with E-state index in [0.29, 0.717) is 0 Å². The predicted octanol–water partition coefficient (Wildman–Crippen LogP) is 14.8. The van der Waals surface area contributed by atoms with E-state index in [2.05, 4.69) is 15.9 Å². The molecule has 2 aromatic carbocycles. The second-order valence-electron chi connectivity index (χ2n) is 6.97. The van der Waals surface area contributed by atoms with Crippen LogP contribution in [-0.2, 0) is 0 Å². The normalized spacial score (nSPS) is 21.2. The highest BCUT2D eigenvalue weighted by molar-refractivity contribution is 9.10. The van der Waals surface area contributed by atoms with Crippen molar-refractivity contribution in [2.75, 3.05) is 0 Å². The average molecular weight is 739 g/mol. The van der Waals surface area contributed by atoms with Gasteiger partial charge in [0, 0.05) is 4.47 Å². The van der Waals surface area contributed by atoms with Crippen molar-refractivity contribution in [2.24, 2.45) is 0 Å². The van der Waals surface area contributed by atoms with Crippen LogP contribution in [0.25, 0.3) is 0 Å². The zero-order valence-corrected chi connectivity index (χ0v) is 21.0. The first-order valence-corrected chi connectivity index (χ1v) is 16.2. The lowest BCUT2D eigenvalue weighted by Crippen LogP contribution is -2.10. The van der Waals surface area contributed by atoms with E-state index in [0.717, 1.165) is 0 Å². The summed E-state index contributed by atoms with van der Waals surface area (Å²) in [6, 6.07) is -4.29. The topological polar surface area (TPSA) is 0 Å². The Morgan fingerprint density at radius 1 is 0.351 bits per heavy atom. The summed E-state index contributed by atoms with van der Waals surface area (Å²) >= 11 is 2.07. The fourth-order valence-electron chi connectivity index (χ4n) is 1.94. The molecular formula is C12H7BrF20S4. The molecule has 2 aromatic rings. The minimum atomic E-state index is -10.5. The molecule has 0 spiro atoms. The van der Waals surface area contributed by atoms with Crippen LogP contribution >= 0.6 is 56.8 Å². The molecular weight excluding hydrogens is 732 g/mol. The second-order valence-corrected chi connectivity index (χ2v) is 17.5. The highest BCUT2D eigenvalue weighted by Crippen LogP contribution is 3.06. The molecule has 0 N–H and O–H groups in total. The van der Waals surface area contributed by atoms with Crippen molar-refractivity contribution in [1.29, 1.82) is 0 Å². The van der Waals surface area contributed by atoms with Crippen molar-refractivity contribution in [3.8, 4) is 0 Å². The Labute approximate surface area is 201 Å². The number of benzene rings is 2. The molecule has 0 saturated carbocycles. The lowest BCUT2D eigenvalue weighted by molar-refractivity contribution is 0.353. The third-order valence-electron chi connectivity index (χ3n) is 3.43. The van der Waals surface area contributed by atoms with Gasteiger partial charge in [0.25, 0.3) is 0 Å². The Morgan fingerprint density at radius 2 is 0.568 bits per heavy atom. The highest BCUT2D eigenvalue weighted by atomic mass is 79.9. The Kier molecular flexibility index (Phi) is 5.63. The summed E-state index contributed by atoms with van der Waals surface area (Å²) in [6.45, 7) is 0. The molecule has 2 rings (SSSR count). The summed E-state index contributed by atoms with van der Waals surface area (Å²) in [5.41, 5.74) is 0. The SMILES string of the molecule is FS(F)(F)(F)(F)c1cc(Br)cc(S(F)(F)(F)(F)F)c1.FS(F)(F)(F)(F)c1cccc(S(F)(F)(F)(F)F)c1. The first-order chi connectivity index (χ1) is 14.8. The summed E-state index contributed by atoms with van der Waals surface area (Å²) < 4.78 is 244. The van der Waals surface area contributed by atoms with Gasteiger partial charge >= 0.3 is 40.9 Å². The van der Waals surface area contributed by atoms with E-state index in [9.17, 15) is 77.7 Å². The van der Waals surface area contributed by atoms with Crippen molar-refractivity contribution >= 4 is 56.8 Å². The van der Waals surface area contributed by atoms with E-state index >= 15 is 0 Å². The van der Waals surface area contributed by atoms with E-state index < -0.39 is 101 Å². The first kappa shape index (κ1) is 33.9. The molecule has 0 amide bonds. The van der Waals surface area contributed by atoms with E-state index in [4.69, 9.17) is 0 Å². The van der Waals surface area contributed by atoms with Gasteiger partial charge in [-0.1, -0.05) is 99.7 Å². The second kappa shape index (κ2) is 6.14. The van der Waals surface area contributed by atoms with Crippen LogP contribution in [0.15, 0.2) is 66.5 Å². The molecule has 0 aliphatic heterocycles. The lowest BCUT2D eigenvalue weighted by atomic mass is 10.4. The van der Waals surface area contributed by atoms with E-state index in [1.54, 1.807) is 0 Å². The maximum atomic E-state index is 12.3. The molecule has 226 valence electrons. The van der Waals surface area contributed by atoms with Crippen LogP contribution in [0.2, 0.25) is 0 Å². The van der Waals surface area contributed by atoms with Crippen molar-refractivity contribution in [1.82, 2.24) is 0 Å². The molecule has 0 bridgehead atoms. The van der Waals surface area contributed by atoms with Gasteiger partial charge in [-0.3, -0.25) is 0 Å². The maximum Gasteiger partial charge on any atom is 0.310 e. The quantitative estimate of drug-likeness (QED) is 0.274. The van der Waals surface area contributed by atoms with Crippen LogP contribution in [0.5, 0.6) is 0 Å². The fraction of sp³-hybridized carbons (Fsp3) is 0. The van der Waals surface area contributed by atoms with Gasteiger partial charge in [0.05, 0.1) is 0 Å². The van der Waals surface area contributed by atoms with E-state index in [-0.39, 0.29) is 6.07 Å². The zero-order valence-electron chi connectivity index (χ0n) is 16.1. The number of hydrogen-bond acceptors (Lipinski definition) is 0. The van der Waals surface area contributed by atoms with Crippen molar-refractivity contribution in [3.63, 3.8) is 0 Å². The molecule has 0 nitrogen and oxygen atoms in total. The third-order valence-corrected chi connectivity index (χ3v) is 8.43. The Morgan fingerprint density at radius 3 is 0.784 bits per heavy atom. The molecule has 0 saturated heterocycles. The minimum absolute atomic E-state index is 0.152. The molecule has 0 heterocycles. The van der Waals surface area contributed by atoms with E-state index in [1.165, 1.54) is 0 Å². The molecule has 0 aliphatic carbocycles. The smallest absolute Gasteiger partial charge is 0.0936 e. The van der Waals surface area contributed by atoms with Crippen LogP contribution in [0.1, 0.15) is 0 Å². The highest BCUT2D eigenvalue weighted by Gasteiger charge is 2.70. The zero-order chi connectivity index (χ0) is 30.5. The molecule has 0 aromatic heterocycles. The van der Waals surface area contributed by atoms with Crippen LogP contribution in [-0.4, -0.2) is 0 Å². The Bertz CT molecular complexity index is 1180. The van der Waals surface area contributed by atoms with Gasteiger partial charge in [0.1, 0.15) is 19.6 Å². The molecule has 25 heteroatoms. The Balaban J connectivity index is 0.000000371. The van der Waals surface area contributed by atoms with Gasteiger partial charge in [0.15, 0.2) is 0 Å². The molecule has 0 fully saturated rings. The van der Waals surface area contributed by atoms with Crippen molar-refractivity contribution < 1.29 is 77.7 Å². The van der Waals surface area contributed by atoms with Gasteiger partial charge < -0.3 is 0 Å². The van der Waals surface area contributed by atoms with E-state index in [1.807, 2.05) is 0 Å².